The van der Waals surface area contributed by atoms with Crippen molar-refractivity contribution in [2.24, 2.45) is 0 Å². The minimum Gasteiger partial charge on any atom is -0.497 e. The van der Waals surface area contributed by atoms with Crippen LogP contribution in [-0.4, -0.2) is 26.7 Å². The smallest absolute Gasteiger partial charge is 0.243 e. The molecule has 0 spiro atoms. The van der Waals surface area contributed by atoms with E-state index in [1.165, 1.54) is 0 Å². The minimum atomic E-state index is -0.200. The van der Waals surface area contributed by atoms with Crippen LogP contribution in [0.15, 0.2) is 30.3 Å². The lowest BCUT2D eigenvalue weighted by molar-refractivity contribution is -0.114. The standard InChI is InChI=1S/C18H21ClN2O3/c1-11-7-12(2)18(14(19)8-11)21-17(22)10-20-15-9-13(23-3)5-6-16(15)24-4/h5-9,20H,10H2,1-4H3,(H,21,22). The quantitative estimate of drug-likeness (QED) is 0.827. The number of carbonyl (C=O) groups is 1. The van der Waals surface area contributed by atoms with E-state index >= 15 is 0 Å². The first kappa shape index (κ1) is 17.9. The second-order valence-corrected chi connectivity index (χ2v) is 5.81. The van der Waals surface area contributed by atoms with Crippen LogP contribution >= 0.6 is 11.6 Å². The van der Waals surface area contributed by atoms with Crippen molar-refractivity contribution in [1.29, 1.82) is 0 Å². The maximum absolute atomic E-state index is 12.2. The van der Waals surface area contributed by atoms with E-state index in [9.17, 15) is 4.79 Å². The van der Waals surface area contributed by atoms with Crippen LogP contribution in [0.1, 0.15) is 11.1 Å². The third-order valence-corrected chi connectivity index (χ3v) is 3.84. The Hall–Kier alpha value is -2.40. The molecule has 0 aliphatic heterocycles. The van der Waals surface area contributed by atoms with E-state index in [1.54, 1.807) is 32.4 Å². The highest BCUT2D eigenvalue weighted by Gasteiger charge is 2.11. The van der Waals surface area contributed by atoms with Gasteiger partial charge in [0.15, 0.2) is 0 Å². The van der Waals surface area contributed by atoms with E-state index in [0.717, 1.165) is 11.1 Å². The van der Waals surface area contributed by atoms with Crippen molar-refractivity contribution in [3.63, 3.8) is 0 Å². The van der Waals surface area contributed by atoms with Crippen LogP contribution in [0, 0.1) is 13.8 Å². The zero-order valence-electron chi connectivity index (χ0n) is 14.2. The van der Waals surface area contributed by atoms with E-state index in [1.807, 2.05) is 26.0 Å². The van der Waals surface area contributed by atoms with Gasteiger partial charge in [-0.1, -0.05) is 17.7 Å². The summed E-state index contributed by atoms with van der Waals surface area (Å²) < 4.78 is 10.5. The van der Waals surface area contributed by atoms with Gasteiger partial charge in [-0.15, -0.1) is 0 Å². The Morgan fingerprint density at radius 3 is 2.50 bits per heavy atom. The molecule has 0 saturated carbocycles. The Morgan fingerprint density at radius 1 is 1.12 bits per heavy atom. The third-order valence-electron chi connectivity index (χ3n) is 3.54. The molecule has 1 amide bonds. The number of carbonyl (C=O) groups excluding carboxylic acids is 1. The SMILES string of the molecule is COc1ccc(OC)c(NCC(=O)Nc2c(C)cc(C)cc2Cl)c1. The van der Waals surface area contributed by atoms with Gasteiger partial charge >= 0.3 is 0 Å². The summed E-state index contributed by atoms with van der Waals surface area (Å²) >= 11 is 6.21. The van der Waals surface area contributed by atoms with Crippen molar-refractivity contribution in [2.75, 3.05) is 31.4 Å². The molecule has 0 atom stereocenters. The van der Waals surface area contributed by atoms with E-state index in [0.29, 0.717) is 27.9 Å². The Bertz CT molecular complexity index is 724. The molecule has 128 valence electrons. The minimum absolute atomic E-state index is 0.0766. The molecule has 0 aliphatic carbocycles. The van der Waals surface area contributed by atoms with Crippen molar-refractivity contribution >= 4 is 28.9 Å². The maximum atomic E-state index is 12.2. The first-order chi connectivity index (χ1) is 11.4. The zero-order valence-corrected chi connectivity index (χ0v) is 15.0. The Morgan fingerprint density at radius 2 is 1.88 bits per heavy atom. The van der Waals surface area contributed by atoms with Gasteiger partial charge in [-0.2, -0.15) is 0 Å². The maximum Gasteiger partial charge on any atom is 0.243 e. The summed E-state index contributed by atoms with van der Waals surface area (Å²) in [5, 5.41) is 6.41. The summed E-state index contributed by atoms with van der Waals surface area (Å²) in [4.78, 5) is 12.2. The van der Waals surface area contributed by atoms with Gasteiger partial charge in [0.2, 0.25) is 5.91 Å². The van der Waals surface area contributed by atoms with Crippen LogP contribution in [-0.2, 0) is 4.79 Å². The molecule has 2 aromatic carbocycles. The summed E-state index contributed by atoms with van der Waals surface area (Å²) in [7, 11) is 3.16. The summed E-state index contributed by atoms with van der Waals surface area (Å²) in [6.45, 7) is 3.95. The molecule has 0 unspecified atom stereocenters. The second kappa shape index (κ2) is 7.93. The fourth-order valence-corrected chi connectivity index (χ4v) is 2.75. The topological polar surface area (TPSA) is 59.6 Å². The van der Waals surface area contributed by atoms with Crippen molar-refractivity contribution in [3.8, 4) is 11.5 Å². The van der Waals surface area contributed by atoms with E-state index < -0.39 is 0 Å². The van der Waals surface area contributed by atoms with Gasteiger partial charge in [-0.05, 0) is 43.2 Å². The first-order valence-electron chi connectivity index (χ1n) is 7.47. The molecule has 2 aromatic rings. The van der Waals surface area contributed by atoms with Crippen molar-refractivity contribution in [2.45, 2.75) is 13.8 Å². The molecule has 5 nitrogen and oxygen atoms in total. The van der Waals surface area contributed by atoms with E-state index in [2.05, 4.69) is 10.6 Å². The van der Waals surface area contributed by atoms with E-state index in [-0.39, 0.29) is 12.5 Å². The number of ether oxygens (including phenoxy) is 2. The first-order valence-corrected chi connectivity index (χ1v) is 7.85. The van der Waals surface area contributed by atoms with Gasteiger partial charge in [0.25, 0.3) is 0 Å². The van der Waals surface area contributed by atoms with Crippen molar-refractivity contribution in [3.05, 3.63) is 46.5 Å². The van der Waals surface area contributed by atoms with Gasteiger partial charge in [0.1, 0.15) is 11.5 Å². The Kier molecular flexibility index (Phi) is 5.93. The zero-order chi connectivity index (χ0) is 17.7. The summed E-state index contributed by atoms with van der Waals surface area (Å²) in [6.07, 6.45) is 0. The molecule has 0 saturated heterocycles. The molecule has 0 bridgehead atoms. The lowest BCUT2D eigenvalue weighted by Gasteiger charge is -2.14. The third kappa shape index (κ3) is 4.32. The lowest BCUT2D eigenvalue weighted by Crippen LogP contribution is -2.22. The number of hydrogen-bond acceptors (Lipinski definition) is 4. The van der Waals surface area contributed by atoms with E-state index in [4.69, 9.17) is 21.1 Å². The number of rotatable bonds is 6. The van der Waals surface area contributed by atoms with Gasteiger partial charge in [0, 0.05) is 6.07 Å². The molecule has 2 rings (SSSR count). The summed E-state index contributed by atoms with van der Waals surface area (Å²) in [6, 6.07) is 9.14. The molecule has 0 heterocycles. The molecule has 6 heteroatoms. The monoisotopic (exact) mass is 348 g/mol. The van der Waals surface area contributed by atoms with Gasteiger partial charge < -0.3 is 20.1 Å². The van der Waals surface area contributed by atoms with Crippen LogP contribution in [0.25, 0.3) is 0 Å². The molecule has 0 aliphatic rings. The van der Waals surface area contributed by atoms with Gasteiger partial charge in [-0.25, -0.2) is 0 Å². The number of anilines is 2. The van der Waals surface area contributed by atoms with Crippen LogP contribution in [0.5, 0.6) is 11.5 Å². The Balaban J connectivity index is 2.06. The average Bonchev–Trinajstić information content (AvgIpc) is 2.55. The highest BCUT2D eigenvalue weighted by atomic mass is 35.5. The molecule has 2 N–H and O–H groups in total. The predicted octanol–water partition coefficient (Wildman–Crippen LogP) is 4.02. The molecule has 0 radical (unpaired) electrons. The number of halogens is 1. The summed E-state index contributed by atoms with van der Waals surface area (Å²) in [5.74, 6) is 1.11. The predicted molar refractivity (Wildman–Crippen MR) is 97.6 cm³/mol. The number of benzene rings is 2. The molecule has 0 aromatic heterocycles. The highest BCUT2D eigenvalue weighted by molar-refractivity contribution is 6.34. The molecular weight excluding hydrogens is 328 g/mol. The van der Waals surface area contributed by atoms with Crippen LogP contribution < -0.4 is 20.1 Å². The van der Waals surface area contributed by atoms with Crippen LogP contribution in [0.2, 0.25) is 5.02 Å². The number of methoxy groups -OCH3 is 2. The van der Waals surface area contributed by atoms with Gasteiger partial charge in [0.05, 0.1) is 37.2 Å². The Labute approximate surface area is 146 Å². The highest BCUT2D eigenvalue weighted by Crippen LogP contribution is 2.29. The number of amides is 1. The fraction of sp³-hybridized carbons (Fsp3) is 0.278. The fourth-order valence-electron chi connectivity index (χ4n) is 2.39. The molecule has 24 heavy (non-hydrogen) atoms. The average molecular weight is 349 g/mol. The van der Waals surface area contributed by atoms with Crippen molar-refractivity contribution in [1.82, 2.24) is 0 Å². The molecular formula is C18H21ClN2O3. The number of aryl methyl sites for hydroxylation is 2. The second-order valence-electron chi connectivity index (χ2n) is 5.41. The molecule has 0 fully saturated rings. The summed E-state index contributed by atoms with van der Waals surface area (Å²) in [5.41, 5.74) is 3.28. The normalized spacial score (nSPS) is 10.2. The largest absolute Gasteiger partial charge is 0.497 e. The lowest BCUT2D eigenvalue weighted by atomic mass is 10.1. The van der Waals surface area contributed by atoms with Crippen molar-refractivity contribution < 1.29 is 14.3 Å². The number of nitrogens with one attached hydrogen (secondary N) is 2. The van der Waals surface area contributed by atoms with Crippen LogP contribution in [0.3, 0.4) is 0 Å². The number of hydrogen-bond donors (Lipinski definition) is 2. The van der Waals surface area contributed by atoms with Gasteiger partial charge in [-0.3, -0.25) is 4.79 Å². The van der Waals surface area contributed by atoms with Crippen LogP contribution in [0.4, 0.5) is 11.4 Å².